The Kier molecular flexibility index (Phi) is 5.48. The number of benzene rings is 2. The molecule has 4 rings (SSSR count). The van der Waals surface area contributed by atoms with Gasteiger partial charge in [0.15, 0.2) is 0 Å². The van der Waals surface area contributed by atoms with Crippen LogP contribution in [-0.4, -0.2) is 17.6 Å². The van der Waals surface area contributed by atoms with E-state index < -0.39 is 5.97 Å². The fourth-order valence-corrected chi connectivity index (χ4v) is 4.65. The Morgan fingerprint density at radius 3 is 2.69 bits per heavy atom. The zero-order valence-electron chi connectivity index (χ0n) is 16.3. The molecule has 1 aliphatic heterocycles. The highest BCUT2D eigenvalue weighted by Crippen LogP contribution is 2.48. The van der Waals surface area contributed by atoms with E-state index in [4.69, 9.17) is 10.4 Å². The Morgan fingerprint density at radius 1 is 1.14 bits per heavy atom. The number of carbonyl (C=O) groups is 1. The van der Waals surface area contributed by atoms with Crippen molar-refractivity contribution >= 4 is 23.4 Å². The monoisotopic (exact) mass is 384 g/mol. The van der Waals surface area contributed by atoms with Crippen LogP contribution in [0, 0.1) is 17.2 Å². The summed E-state index contributed by atoms with van der Waals surface area (Å²) in [6, 6.07) is 18.7. The van der Waals surface area contributed by atoms with E-state index in [1.165, 1.54) is 48.7 Å². The standard InChI is InChI=1S/C25H24N2O2/c26-16-19(25(28)29)9-6-7-18-13-14-24-23(15-18)22-12-5-4-8-20(22)17-27(24)21-10-2-1-3-11-21/h1-3,6-7,9-11,13-15,20,22H,4-5,8,12,17H2,(H,28,29). The van der Waals surface area contributed by atoms with E-state index in [0.29, 0.717) is 11.8 Å². The van der Waals surface area contributed by atoms with E-state index in [9.17, 15) is 4.79 Å². The summed E-state index contributed by atoms with van der Waals surface area (Å²) >= 11 is 0. The van der Waals surface area contributed by atoms with Gasteiger partial charge in [0.05, 0.1) is 0 Å². The number of aliphatic carboxylic acids is 1. The summed E-state index contributed by atoms with van der Waals surface area (Å²) in [5.74, 6) is 0.0372. The lowest BCUT2D eigenvalue weighted by molar-refractivity contribution is -0.132. The maximum absolute atomic E-state index is 11.0. The van der Waals surface area contributed by atoms with Crippen LogP contribution in [0.3, 0.4) is 0 Å². The molecule has 1 aliphatic carbocycles. The van der Waals surface area contributed by atoms with Gasteiger partial charge in [0, 0.05) is 17.9 Å². The zero-order chi connectivity index (χ0) is 20.2. The van der Waals surface area contributed by atoms with E-state index in [-0.39, 0.29) is 5.57 Å². The van der Waals surface area contributed by atoms with Gasteiger partial charge in [-0.2, -0.15) is 5.26 Å². The highest BCUT2D eigenvalue weighted by molar-refractivity contribution is 5.91. The van der Waals surface area contributed by atoms with Gasteiger partial charge in [-0.1, -0.05) is 49.3 Å². The molecule has 2 aromatic rings. The first-order valence-corrected chi connectivity index (χ1v) is 10.2. The molecule has 4 heteroatoms. The smallest absolute Gasteiger partial charge is 0.346 e. The molecule has 1 heterocycles. The summed E-state index contributed by atoms with van der Waals surface area (Å²) in [7, 11) is 0. The van der Waals surface area contributed by atoms with Gasteiger partial charge >= 0.3 is 5.97 Å². The first-order valence-electron chi connectivity index (χ1n) is 10.2. The molecule has 2 aliphatic rings. The summed E-state index contributed by atoms with van der Waals surface area (Å²) in [6.07, 6.45) is 9.94. The fraction of sp³-hybridized carbons (Fsp3) is 0.280. The third-order valence-corrected chi connectivity index (χ3v) is 6.04. The van der Waals surface area contributed by atoms with Crippen LogP contribution in [0.2, 0.25) is 0 Å². The van der Waals surface area contributed by atoms with Crippen LogP contribution in [0.1, 0.15) is 42.7 Å². The molecule has 0 spiro atoms. The van der Waals surface area contributed by atoms with Gasteiger partial charge in [0.2, 0.25) is 0 Å². The molecule has 0 aromatic heterocycles. The fourth-order valence-electron chi connectivity index (χ4n) is 4.65. The number of nitriles is 1. The number of hydrogen-bond acceptors (Lipinski definition) is 3. The molecule has 0 saturated heterocycles. The normalized spacial score (nSPS) is 21.3. The van der Waals surface area contributed by atoms with Gasteiger partial charge in [-0.3, -0.25) is 0 Å². The van der Waals surface area contributed by atoms with E-state index in [2.05, 4.69) is 47.4 Å². The van der Waals surface area contributed by atoms with Crippen molar-refractivity contribution in [3.05, 3.63) is 77.4 Å². The average Bonchev–Trinajstić information content (AvgIpc) is 2.76. The average molecular weight is 384 g/mol. The van der Waals surface area contributed by atoms with E-state index in [1.807, 2.05) is 12.1 Å². The molecule has 0 amide bonds. The minimum atomic E-state index is -1.20. The molecule has 2 aromatic carbocycles. The second-order valence-corrected chi connectivity index (χ2v) is 7.77. The van der Waals surface area contributed by atoms with Gasteiger partial charge in [-0.25, -0.2) is 4.79 Å². The minimum absolute atomic E-state index is 0.262. The number of fused-ring (bicyclic) bond motifs is 3. The lowest BCUT2D eigenvalue weighted by atomic mass is 9.72. The molecule has 2 atom stereocenters. The number of anilines is 2. The number of para-hydroxylation sites is 1. The van der Waals surface area contributed by atoms with Crippen molar-refractivity contribution in [2.45, 2.75) is 31.6 Å². The molecule has 1 fully saturated rings. The van der Waals surface area contributed by atoms with E-state index >= 15 is 0 Å². The quantitative estimate of drug-likeness (QED) is 0.420. The number of allylic oxidation sites excluding steroid dienone is 2. The molecular weight excluding hydrogens is 360 g/mol. The minimum Gasteiger partial charge on any atom is -0.477 e. The number of hydrogen-bond donors (Lipinski definition) is 1. The SMILES string of the molecule is N#CC(=CC=Cc1ccc2c(c1)C1CCCCC1CN2c1ccccc1)C(=O)O. The largest absolute Gasteiger partial charge is 0.477 e. The van der Waals surface area contributed by atoms with Crippen LogP contribution in [-0.2, 0) is 4.79 Å². The van der Waals surface area contributed by atoms with Crippen LogP contribution in [0.15, 0.2) is 66.3 Å². The number of nitrogens with zero attached hydrogens (tertiary/aromatic N) is 2. The van der Waals surface area contributed by atoms with Crippen molar-refractivity contribution in [1.29, 1.82) is 5.26 Å². The highest BCUT2D eigenvalue weighted by Gasteiger charge is 2.35. The second kappa shape index (κ2) is 8.36. The number of rotatable bonds is 4. The zero-order valence-corrected chi connectivity index (χ0v) is 16.3. The molecule has 2 unspecified atom stereocenters. The Balaban J connectivity index is 1.70. The van der Waals surface area contributed by atoms with Crippen LogP contribution in [0.5, 0.6) is 0 Å². The van der Waals surface area contributed by atoms with Crippen molar-refractivity contribution < 1.29 is 9.90 Å². The number of carboxylic acid groups (broad SMARTS) is 1. The molecule has 0 radical (unpaired) electrons. The van der Waals surface area contributed by atoms with Crippen LogP contribution in [0.4, 0.5) is 11.4 Å². The van der Waals surface area contributed by atoms with Crippen LogP contribution >= 0.6 is 0 Å². The summed E-state index contributed by atoms with van der Waals surface area (Å²) < 4.78 is 0. The summed E-state index contributed by atoms with van der Waals surface area (Å²) in [6.45, 7) is 1.06. The summed E-state index contributed by atoms with van der Waals surface area (Å²) in [4.78, 5) is 13.4. The first kappa shape index (κ1) is 19.0. The predicted octanol–water partition coefficient (Wildman–Crippen LogP) is 5.66. The van der Waals surface area contributed by atoms with E-state index in [1.54, 1.807) is 12.1 Å². The summed E-state index contributed by atoms with van der Waals surface area (Å²) in [5, 5.41) is 17.8. The van der Waals surface area contributed by atoms with Gasteiger partial charge in [-0.15, -0.1) is 0 Å². The van der Waals surface area contributed by atoms with E-state index in [0.717, 1.165) is 12.1 Å². The first-order chi connectivity index (χ1) is 14.2. The molecular formula is C25H24N2O2. The van der Waals surface area contributed by atoms with Crippen LogP contribution < -0.4 is 4.90 Å². The van der Waals surface area contributed by atoms with Crippen molar-refractivity contribution in [3.63, 3.8) is 0 Å². The van der Waals surface area contributed by atoms with Crippen molar-refractivity contribution in [2.75, 3.05) is 11.4 Å². The number of carboxylic acids is 1. The Labute approximate surface area is 171 Å². The van der Waals surface area contributed by atoms with Gasteiger partial charge in [0.25, 0.3) is 0 Å². The molecule has 29 heavy (non-hydrogen) atoms. The second-order valence-electron chi connectivity index (χ2n) is 7.77. The Morgan fingerprint density at radius 2 is 1.93 bits per heavy atom. The van der Waals surface area contributed by atoms with Crippen molar-refractivity contribution in [1.82, 2.24) is 0 Å². The van der Waals surface area contributed by atoms with Crippen molar-refractivity contribution in [3.8, 4) is 6.07 Å². The molecule has 1 N–H and O–H groups in total. The Bertz CT molecular complexity index is 1000. The topological polar surface area (TPSA) is 64.3 Å². The lowest BCUT2D eigenvalue weighted by Gasteiger charge is -2.43. The Hall–Kier alpha value is -3.32. The summed E-state index contributed by atoms with van der Waals surface area (Å²) in [5.41, 5.74) is 4.65. The predicted molar refractivity (Wildman–Crippen MR) is 115 cm³/mol. The molecule has 0 bridgehead atoms. The van der Waals surface area contributed by atoms with Crippen LogP contribution in [0.25, 0.3) is 6.08 Å². The molecule has 4 nitrogen and oxygen atoms in total. The molecule has 1 saturated carbocycles. The van der Waals surface area contributed by atoms with Gasteiger partial charge in [0.1, 0.15) is 11.6 Å². The third-order valence-electron chi connectivity index (χ3n) is 6.04. The maximum Gasteiger partial charge on any atom is 0.346 e. The molecule has 146 valence electrons. The lowest BCUT2D eigenvalue weighted by Crippen LogP contribution is -2.36. The van der Waals surface area contributed by atoms with Crippen molar-refractivity contribution in [2.24, 2.45) is 5.92 Å². The third kappa shape index (κ3) is 3.95. The van der Waals surface area contributed by atoms with Gasteiger partial charge in [-0.05, 0) is 66.1 Å². The maximum atomic E-state index is 11.0. The van der Waals surface area contributed by atoms with Gasteiger partial charge < -0.3 is 10.0 Å². The highest BCUT2D eigenvalue weighted by atomic mass is 16.4.